The zero-order valence-electron chi connectivity index (χ0n) is 13.9. The first-order valence-electron chi connectivity index (χ1n) is 7.69. The molecule has 0 fully saturated rings. The Balaban J connectivity index is 4.23. The SMILES string of the molecule is CCC(CC(C)O[Si](OC(C)C)OC(C)C)NCCN. The Bertz CT molecular complexity index is 220. The van der Waals surface area contributed by atoms with Crippen LogP contribution in [0.5, 0.6) is 0 Å². The molecule has 20 heavy (non-hydrogen) atoms. The predicted molar refractivity (Wildman–Crippen MR) is 84.5 cm³/mol. The Hall–Kier alpha value is 0.0169. The maximum atomic E-state index is 5.97. The van der Waals surface area contributed by atoms with Crippen LogP contribution in [0.4, 0.5) is 0 Å². The zero-order chi connectivity index (χ0) is 15.5. The van der Waals surface area contributed by atoms with Gasteiger partial charge in [-0.15, -0.1) is 0 Å². The van der Waals surface area contributed by atoms with E-state index < -0.39 is 9.53 Å². The lowest BCUT2D eigenvalue weighted by Gasteiger charge is -2.25. The van der Waals surface area contributed by atoms with Crippen molar-refractivity contribution >= 4 is 9.53 Å². The van der Waals surface area contributed by atoms with Crippen molar-refractivity contribution in [3.8, 4) is 0 Å². The summed E-state index contributed by atoms with van der Waals surface area (Å²) in [5, 5.41) is 3.43. The molecule has 1 radical (unpaired) electrons. The average Bonchev–Trinajstić information content (AvgIpc) is 2.32. The summed E-state index contributed by atoms with van der Waals surface area (Å²) in [5.41, 5.74) is 5.52. The number of hydrogen-bond acceptors (Lipinski definition) is 5. The highest BCUT2D eigenvalue weighted by Crippen LogP contribution is 2.10. The molecular weight excluding hydrogens is 272 g/mol. The standard InChI is InChI=1S/C14H33N2O3Si/c1-7-14(16-9-8-15)10-13(6)19-20(17-11(2)3)18-12(4)5/h11-14,16H,7-10,15H2,1-6H3. The van der Waals surface area contributed by atoms with Crippen molar-refractivity contribution < 1.29 is 13.3 Å². The quantitative estimate of drug-likeness (QED) is 0.540. The van der Waals surface area contributed by atoms with Crippen LogP contribution in [0.15, 0.2) is 0 Å². The molecule has 2 atom stereocenters. The highest BCUT2D eigenvalue weighted by atomic mass is 28.3. The van der Waals surface area contributed by atoms with E-state index in [0.29, 0.717) is 12.6 Å². The van der Waals surface area contributed by atoms with Gasteiger partial charge in [0, 0.05) is 37.4 Å². The molecule has 3 N–H and O–H groups in total. The third-order valence-corrected chi connectivity index (χ3v) is 4.57. The summed E-state index contributed by atoms with van der Waals surface area (Å²) < 4.78 is 17.5. The van der Waals surface area contributed by atoms with E-state index in [4.69, 9.17) is 19.0 Å². The van der Waals surface area contributed by atoms with Crippen LogP contribution < -0.4 is 11.1 Å². The highest BCUT2D eigenvalue weighted by molar-refractivity contribution is 6.36. The zero-order valence-corrected chi connectivity index (χ0v) is 14.9. The molecule has 0 spiro atoms. The second-order valence-electron chi connectivity index (χ2n) is 5.60. The van der Waals surface area contributed by atoms with E-state index in [1.54, 1.807) is 0 Å². The van der Waals surface area contributed by atoms with Gasteiger partial charge in [0.1, 0.15) is 0 Å². The van der Waals surface area contributed by atoms with Crippen molar-refractivity contribution in [2.24, 2.45) is 5.73 Å². The van der Waals surface area contributed by atoms with E-state index in [0.717, 1.165) is 19.4 Å². The third kappa shape index (κ3) is 10.8. The predicted octanol–water partition coefficient (Wildman–Crippen LogP) is 1.94. The van der Waals surface area contributed by atoms with Crippen LogP contribution >= 0.6 is 0 Å². The van der Waals surface area contributed by atoms with Gasteiger partial charge in [-0.05, 0) is 47.5 Å². The first-order valence-corrected chi connectivity index (χ1v) is 8.91. The number of hydrogen-bond donors (Lipinski definition) is 2. The Morgan fingerprint density at radius 2 is 1.55 bits per heavy atom. The van der Waals surface area contributed by atoms with Crippen LogP contribution in [-0.2, 0) is 13.3 Å². The molecule has 0 aromatic carbocycles. The first kappa shape index (κ1) is 20.0. The Morgan fingerprint density at radius 1 is 1.00 bits per heavy atom. The van der Waals surface area contributed by atoms with Crippen LogP contribution in [0.2, 0.25) is 0 Å². The Labute approximate surface area is 126 Å². The summed E-state index contributed by atoms with van der Waals surface area (Å²) in [7, 11) is -1.67. The topological polar surface area (TPSA) is 65.7 Å². The second kappa shape index (κ2) is 11.7. The normalized spacial score (nSPS) is 15.3. The fraction of sp³-hybridized carbons (Fsp3) is 1.00. The van der Waals surface area contributed by atoms with Crippen LogP contribution in [0.25, 0.3) is 0 Å². The van der Waals surface area contributed by atoms with Crippen molar-refractivity contribution in [1.29, 1.82) is 0 Å². The van der Waals surface area contributed by atoms with Gasteiger partial charge in [-0.25, -0.2) is 0 Å². The molecule has 0 aromatic rings. The minimum absolute atomic E-state index is 0.108. The minimum atomic E-state index is -1.67. The van der Waals surface area contributed by atoms with Gasteiger partial charge >= 0.3 is 9.53 Å². The summed E-state index contributed by atoms with van der Waals surface area (Å²) in [5.74, 6) is 0. The van der Waals surface area contributed by atoms with Gasteiger partial charge in [0.2, 0.25) is 0 Å². The summed E-state index contributed by atoms with van der Waals surface area (Å²) in [6.45, 7) is 13.7. The molecule has 0 amide bonds. The maximum absolute atomic E-state index is 5.97. The Morgan fingerprint density at radius 3 is 1.95 bits per heavy atom. The molecule has 2 unspecified atom stereocenters. The van der Waals surface area contributed by atoms with E-state index in [1.807, 2.05) is 27.7 Å². The van der Waals surface area contributed by atoms with Gasteiger partial charge in [0.25, 0.3) is 0 Å². The highest BCUT2D eigenvalue weighted by Gasteiger charge is 2.26. The molecule has 0 saturated heterocycles. The lowest BCUT2D eigenvalue weighted by Crippen LogP contribution is -2.39. The smallest absolute Gasteiger partial charge is 0.369 e. The van der Waals surface area contributed by atoms with Crippen molar-refractivity contribution in [1.82, 2.24) is 5.32 Å². The average molecular weight is 306 g/mol. The third-order valence-electron chi connectivity index (χ3n) is 2.65. The monoisotopic (exact) mass is 305 g/mol. The van der Waals surface area contributed by atoms with Gasteiger partial charge in [0.15, 0.2) is 0 Å². The molecule has 0 aliphatic carbocycles. The first-order chi connectivity index (χ1) is 9.38. The fourth-order valence-corrected chi connectivity index (χ4v) is 3.12. The van der Waals surface area contributed by atoms with E-state index >= 15 is 0 Å². The Kier molecular flexibility index (Phi) is 11.7. The van der Waals surface area contributed by atoms with Crippen molar-refractivity contribution in [2.45, 2.75) is 78.7 Å². The summed E-state index contributed by atoms with van der Waals surface area (Å²) >= 11 is 0. The molecule has 0 aliphatic rings. The summed E-state index contributed by atoms with van der Waals surface area (Å²) in [6.07, 6.45) is 2.34. The summed E-state index contributed by atoms with van der Waals surface area (Å²) in [6, 6.07) is 0.426. The number of nitrogens with one attached hydrogen (secondary N) is 1. The molecule has 121 valence electrons. The largest absolute Gasteiger partial charge is 0.578 e. The maximum Gasteiger partial charge on any atom is 0.578 e. The van der Waals surface area contributed by atoms with Crippen LogP contribution in [0, 0.1) is 0 Å². The van der Waals surface area contributed by atoms with Crippen molar-refractivity contribution in [2.75, 3.05) is 13.1 Å². The van der Waals surface area contributed by atoms with Gasteiger partial charge < -0.3 is 24.3 Å². The molecule has 0 aromatic heterocycles. The molecule has 0 aliphatic heterocycles. The molecule has 0 rings (SSSR count). The van der Waals surface area contributed by atoms with Crippen LogP contribution in [-0.4, -0.2) is 47.0 Å². The molecule has 0 heterocycles. The van der Waals surface area contributed by atoms with Gasteiger partial charge in [-0.3, -0.25) is 0 Å². The van der Waals surface area contributed by atoms with Crippen LogP contribution in [0.3, 0.4) is 0 Å². The molecule has 5 nitrogen and oxygen atoms in total. The fourth-order valence-electron chi connectivity index (χ4n) is 1.76. The van der Waals surface area contributed by atoms with Crippen molar-refractivity contribution in [3.05, 3.63) is 0 Å². The lowest BCUT2D eigenvalue weighted by molar-refractivity contribution is 0.0242. The molecule has 0 saturated carbocycles. The lowest BCUT2D eigenvalue weighted by atomic mass is 10.1. The van der Waals surface area contributed by atoms with Gasteiger partial charge in [-0.1, -0.05) is 6.92 Å². The minimum Gasteiger partial charge on any atom is -0.369 e. The van der Waals surface area contributed by atoms with E-state index in [9.17, 15) is 0 Å². The van der Waals surface area contributed by atoms with Crippen LogP contribution in [0.1, 0.15) is 54.4 Å². The number of nitrogens with two attached hydrogens (primary N) is 1. The van der Waals surface area contributed by atoms with E-state index in [-0.39, 0.29) is 18.3 Å². The molecule has 0 bridgehead atoms. The van der Waals surface area contributed by atoms with Crippen molar-refractivity contribution in [3.63, 3.8) is 0 Å². The van der Waals surface area contributed by atoms with Gasteiger partial charge in [-0.2, -0.15) is 0 Å². The second-order valence-corrected chi connectivity index (χ2v) is 6.80. The molecular formula is C14H33N2O3Si. The van der Waals surface area contributed by atoms with E-state index in [1.165, 1.54) is 0 Å². The number of rotatable bonds is 12. The summed E-state index contributed by atoms with van der Waals surface area (Å²) in [4.78, 5) is 0. The van der Waals surface area contributed by atoms with E-state index in [2.05, 4.69) is 19.2 Å². The molecule has 6 heteroatoms. The van der Waals surface area contributed by atoms with Gasteiger partial charge in [0.05, 0.1) is 0 Å².